The van der Waals surface area contributed by atoms with Gasteiger partial charge in [-0.15, -0.1) is 11.8 Å². The highest BCUT2D eigenvalue weighted by Gasteiger charge is 2.10. The van der Waals surface area contributed by atoms with Gasteiger partial charge in [-0.25, -0.2) is 4.39 Å². The van der Waals surface area contributed by atoms with E-state index in [1.165, 1.54) is 38.1 Å². The fourth-order valence-electron chi connectivity index (χ4n) is 2.08. The van der Waals surface area contributed by atoms with Crippen molar-refractivity contribution in [3.05, 3.63) is 48.3 Å². The van der Waals surface area contributed by atoms with Gasteiger partial charge in [0.15, 0.2) is 6.61 Å². The minimum Gasteiger partial charge on any atom is -0.497 e. The summed E-state index contributed by atoms with van der Waals surface area (Å²) in [6.45, 7) is -0.389. The van der Waals surface area contributed by atoms with Crippen LogP contribution < -0.4 is 14.8 Å². The first-order valence-electron chi connectivity index (χ1n) is 8.07. The van der Waals surface area contributed by atoms with Crippen LogP contribution >= 0.6 is 11.8 Å². The zero-order chi connectivity index (χ0) is 19.6. The highest BCUT2D eigenvalue weighted by Crippen LogP contribution is 2.25. The van der Waals surface area contributed by atoms with E-state index < -0.39 is 11.9 Å². The molecule has 0 radical (unpaired) electrons. The number of esters is 1. The summed E-state index contributed by atoms with van der Waals surface area (Å²) in [6.07, 6.45) is 0.141. The van der Waals surface area contributed by atoms with Gasteiger partial charge in [0.05, 0.1) is 20.6 Å². The van der Waals surface area contributed by atoms with Gasteiger partial charge in [0.25, 0.3) is 5.91 Å². The lowest BCUT2D eigenvalue weighted by atomic mass is 10.2. The minimum absolute atomic E-state index is 0.141. The number of ether oxygens (including phenoxy) is 3. The van der Waals surface area contributed by atoms with Gasteiger partial charge in [-0.05, 0) is 24.3 Å². The molecular formula is C19H20FNO5S. The topological polar surface area (TPSA) is 73.9 Å². The molecule has 0 atom stereocenters. The van der Waals surface area contributed by atoms with E-state index in [2.05, 4.69) is 5.32 Å². The van der Waals surface area contributed by atoms with Crippen molar-refractivity contribution in [3.8, 4) is 11.5 Å². The Labute approximate surface area is 161 Å². The summed E-state index contributed by atoms with van der Waals surface area (Å²) >= 11 is 1.41. The zero-order valence-electron chi connectivity index (χ0n) is 15.0. The maximum atomic E-state index is 12.8. The lowest BCUT2D eigenvalue weighted by Gasteiger charge is -2.10. The maximum absolute atomic E-state index is 12.8. The predicted octanol–water partition coefficient (Wildman–Crippen LogP) is 3.51. The van der Waals surface area contributed by atoms with Crippen molar-refractivity contribution in [2.24, 2.45) is 0 Å². The molecule has 0 fully saturated rings. The molecule has 0 aliphatic carbocycles. The van der Waals surface area contributed by atoms with Gasteiger partial charge in [0, 0.05) is 34.5 Å². The summed E-state index contributed by atoms with van der Waals surface area (Å²) in [5, 5.41) is 2.62. The molecular weight excluding hydrogens is 373 g/mol. The lowest BCUT2D eigenvalue weighted by molar-refractivity contribution is -0.146. The van der Waals surface area contributed by atoms with Gasteiger partial charge < -0.3 is 19.5 Å². The van der Waals surface area contributed by atoms with Crippen molar-refractivity contribution in [2.75, 3.05) is 31.9 Å². The maximum Gasteiger partial charge on any atom is 0.307 e. The Hall–Kier alpha value is -2.74. The quantitative estimate of drug-likeness (QED) is 0.519. The summed E-state index contributed by atoms with van der Waals surface area (Å²) in [6, 6.07) is 10.9. The van der Waals surface area contributed by atoms with Crippen LogP contribution in [0, 0.1) is 5.82 Å². The highest BCUT2D eigenvalue weighted by atomic mass is 32.2. The van der Waals surface area contributed by atoms with Gasteiger partial charge in [-0.1, -0.05) is 0 Å². The summed E-state index contributed by atoms with van der Waals surface area (Å²) < 4.78 is 28.0. The van der Waals surface area contributed by atoms with Crippen molar-refractivity contribution in [1.82, 2.24) is 0 Å². The molecule has 0 aliphatic heterocycles. The van der Waals surface area contributed by atoms with Crippen LogP contribution in [-0.4, -0.2) is 38.5 Å². The van der Waals surface area contributed by atoms with Crippen LogP contribution in [0.4, 0.5) is 10.1 Å². The number of hydrogen-bond acceptors (Lipinski definition) is 6. The number of anilines is 1. The van der Waals surface area contributed by atoms with Crippen molar-refractivity contribution in [1.29, 1.82) is 0 Å². The van der Waals surface area contributed by atoms with Crippen LogP contribution in [0.25, 0.3) is 0 Å². The number of thioether (sulfide) groups is 1. The van der Waals surface area contributed by atoms with Crippen LogP contribution in [-0.2, 0) is 14.3 Å². The molecule has 8 heteroatoms. The Bertz CT molecular complexity index is 760. The number of carbonyl (C=O) groups is 2. The summed E-state index contributed by atoms with van der Waals surface area (Å²) in [5.41, 5.74) is 0.471. The SMILES string of the molecule is COc1cc(NC(=O)COC(=O)CCSc2ccc(F)cc2)cc(OC)c1. The van der Waals surface area contributed by atoms with Crippen molar-refractivity contribution >= 4 is 29.3 Å². The molecule has 1 N–H and O–H groups in total. The number of benzene rings is 2. The van der Waals surface area contributed by atoms with Gasteiger partial charge in [0.1, 0.15) is 17.3 Å². The lowest BCUT2D eigenvalue weighted by Crippen LogP contribution is -2.21. The van der Waals surface area contributed by atoms with E-state index in [4.69, 9.17) is 14.2 Å². The Kier molecular flexibility index (Phi) is 7.94. The molecule has 0 spiro atoms. The first-order chi connectivity index (χ1) is 13.0. The molecule has 6 nitrogen and oxygen atoms in total. The van der Waals surface area contributed by atoms with Gasteiger partial charge in [0.2, 0.25) is 0 Å². The third-order valence-corrected chi connectivity index (χ3v) is 4.40. The smallest absolute Gasteiger partial charge is 0.307 e. The van der Waals surface area contributed by atoms with Crippen LogP contribution in [0.1, 0.15) is 6.42 Å². The molecule has 0 unspecified atom stereocenters. The Morgan fingerprint density at radius 2 is 1.67 bits per heavy atom. The predicted molar refractivity (Wildman–Crippen MR) is 101 cm³/mol. The third-order valence-electron chi connectivity index (χ3n) is 3.39. The molecule has 0 heterocycles. The second-order valence-corrected chi connectivity index (χ2v) is 6.53. The molecule has 144 valence electrons. The monoisotopic (exact) mass is 393 g/mol. The molecule has 1 amide bonds. The van der Waals surface area contributed by atoms with Gasteiger partial charge >= 0.3 is 5.97 Å². The van der Waals surface area contributed by atoms with E-state index in [1.54, 1.807) is 30.3 Å². The normalized spacial score (nSPS) is 10.2. The molecule has 27 heavy (non-hydrogen) atoms. The fraction of sp³-hybridized carbons (Fsp3) is 0.263. The fourth-order valence-corrected chi connectivity index (χ4v) is 2.91. The first kappa shape index (κ1) is 20.6. The van der Waals surface area contributed by atoms with E-state index in [0.717, 1.165) is 4.90 Å². The first-order valence-corrected chi connectivity index (χ1v) is 9.05. The second kappa shape index (κ2) is 10.4. The van der Waals surface area contributed by atoms with Crippen molar-refractivity contribution in [3.63, 3.8) is 0 Å². The van der Waals surface area contributed by atoms with Crippen LogP contribution in [0.3, 0.4) is 0 Å². The third kappa shape index (κ3) is 7.18. The molecule has 2 aromatic carbocycles. The molecule has 0 bridgehead atoms. The van der Waals surface area contributed by atoms with Crippen LogP contribution in [0.15, 0.2) is 47.4 Å². The van der Waals surface area contributed by atoms with E-state index >= 15 is 0 Å². The molecule has 0 aromatic heterocycles. The standard InChI is InChI=1S/C19H20FNO5S/c1-24-15-9-14(10-16(11-15)25-2)21-18(22)12-26-19(23)7-8-27-17-5-3-13(20)4-6-17/h3-6,9-11H,7-8,12H2,1-2H3,(H,21,22). The number of hydrogen-bond donors (Lipinski definition) is 1. The Morgan fingerprint density at radius 3 is 2.26 bits per heavy atom. The molecule has 2 rings (SSSR count). The van der Waals surface area contributed by atoms with Crippen LogP contribution in [0.2, 0.25) is 0 Å². The number of nitrogens with one attached hydrogen (secondary N) is 1. The van der Waals surface area contributed by atoms with Crippen molar-refractivity contribution in [2.45, 2.75) is 11.3 Å². The van der Waals surface area contributed by atoms with E-state index in [-0.39, 0.29) is 18.8 Å². The van der Waals surface area contributed by atoms with E-state index in [9.17, 15) is 14.0 Å². The zero-order valence-corrected chi connectivity index (χ0v) is 15.8. The largest absolute Gasteiger partial charge is 0.497 e. The van der Waals surface area contributed by atoms with Gasteiger partial charge in [-0.3, -0.25) is 9.59 Å². The number of halogens is 1. The minimum atomic E-state index is -0.483. The number of amides is 1. The summed E-state index contributed by atoms with van der Waals surface area (Å²) in [4.78, 5) is 24.5. The van der Waals surface area contributed by atoms with Crippen LogP contribution in [0.5, 0.6) is 11.5 Å². The number of carbonyl (C=O) groups excluding carboxylic acids is 2. The Balaban J connectivity index is 1.73. The highest BCUT2D eigenvalue weighted by molar-refractivity contribution is 7.99. The molecule has 0 saturated heterocycles. The summed E-state index contributed by atoms with van der Waals surface area (Å²) in [7, 11) is 3.01. The van der Waals surface area contributed by atoms with E-state index in [1.807, 2.05) is 0 Å². The average Bonchev–Trinajstić information content (AvgIpc) is 2.67. The molecule has 2 aromatic rings. The number of methoxy groups -OCH3 is 2. The van der Waals surface area contributed by atoms with Crippen molar-refractivity contribution < 1.29 is 28.2 Å². The average molecular weight is 393 g/mol. The van der Waals surface area contributed by atoms with E-state index in [0.29, 0.717) is 22.9 Å². The number of rotatable bonds is 9. The van der Waals surface area contributed by atoms with Gasteiger partial charge in [-0.2, -0.15) is 0 Å². The Morgan fingerprint density at radius 1 is 1.04 bits per heavy atom. The molecule has 0 saturated carbocycles. The molecule has 0 aliphatic rings. The summed E-state index contributed by atoms with van der Waals surface area (Å²) in [5.74, 6) is 0.268. The second-order valence-electron chi connectivity index (χ2n) is 5.36.